The van der Waals surface area contributed by atoms with Crippen molar-refractivity contribution >= 4 is 12.4 Å². The maximum atomic E-state index is 9.83. The van der Waals surface area contributed by atoms with Crippen LogP contribution < -0.4 is 10.1 Å². The molecule has 0 unspecified atom stereocenters. The van der Waals surface area contributed by atoms with Crippen LogP contribution in [0.3, 0.4) is 0 Å². The molecule has 0 aliphatic carbocycles. The van der Waals surface area contributed by atoms with Crippen LogP contribution in [0.15, 0.2) is 41.1 Å². The van der Waals surface area contributed by atoms with Gasteiger partial charge in [0.25, 0.3) is 0 Å². The molecule has 0 bridgehead atoms. The largest absolute Gasteiger partial charge is 0.504 e. The Morgan fingerprint density at radius 1 is 1.28 bits per heavy atom. The van der Waals surface area contributed by atoms with Crippen molar-refractivity contribution in [1.29, 1.82) is 0 Å². The third-order valence-electron chi connectivity index (χ3n) is 5.48. The van der Waals surface area contributed by atoms with Crippen LogP contribution in [0.2, 0.25) is 0 Å². The first-order chi connectivity index (χ1) is 15.1. The summed E-state index contributed by atoms with van der Waals surface area (Å²) >= 11 is 0. The smallest absolute Gasteiger partial charge is 0.226 e. The maximum Gasteiger partial charge on any atom is 0.226 e. The number of aryl methyl sites for hydroxylation is 2. The molecule has 2 N–H and O–H groups in total. The Bertz CT molecular complexity index is 1200. The predicted molar refractivity (Wildman–Crippen MR) is 121 cm³/mol. The summed E-state index contributed by atoms with van der Waals surface area (Å²) in [4.78, 5) is 9.22. The van der Waals surface area contributed by atoms with Crippen molar-refractivity contribution < 1.29 is 14.3 Å². The number of oxazole rings is 1. The van der Waals surface area contributed by atoms with Gasteiger partial charge in [-0.1, -0.05) is 0 Å². The third kappa shape index (κ3) is 4.09. The summed E-state index contributed by atoms with van der Waals surface area (Å²) in [6, 6.07) is 7.13. The van der Waals surface area contributed by atoms with Gasteiger partial charge in [0.15, 0.2) is 17.3 Å². The van der Waals surface area contributed by atoms with E-state index in [0.717, 1.165) is 54.6 Å². The first-order valence-corrected chi connectivity index (χ1v) is 10.2. The highest BCUT2D eigenvalue weighted by Crippen LogP contribution is 2.32. The molecule has 0 amide bonds. The second kappa shape index (κ2) is 9.05. The molecule has 0 radical (unpaired) electrons. The van der Waals surface area contributed by atoms with Gasteiger partial charge in [-0.15, -0.1) is 12.4 Å². The first kappa shape index (κ1) is 21.9. The van der Waals surface area contributed by atoms with E-state index in [0.29, 0.717) is 18.2 Å². The van der Waals surface area contributed by atoms with E-state index in [1.807, 2.05) is 17.7 Å². The standard InChI is InChI=1S/C22H24N6O3.ClH/c1-14-18(25-22(31-14)15-4-5-19(29)20(10-15)30-2)13-27-9-7-24-21(27)17-11-16-12-23-6-3-8-28(16)26-17;/h4-5,7,9-11,23,29H,3,6,8,12-13H2,1-2H3;1H. The average Bonchev–Trinajstić information content (AvgIpc) is 3.45. The van der Waals surface area contributed by atoms with Crippen LogP contribution in [0, 0.1) is 6.92 Å². The molecule has 168 valence electrons. The van der Waals surface area contributed by atoms with E-state index < -0.39 is 0 Å². The number of rotatable bonds is 5. The van der Waals surface area contributed by atoms with Crippen molar-refractivity contribution in [2.24, 2.45) is 0 Å². The zero-order chi connectivity index (χ0) is 21.4. The summed E-state index contributed by atoms with van der Waals surface area (Å²) in [6.07, 6.45) is 4.76. The number of nitrogens with one attached hydrogen (secondary N) is 1. The minimum atomic E-state index is 0. The number of aromatic hydroxyl groups is 1. The summed E-state index contributed by atoms with van der Waals surface area (Å²) in [6.45, 7) is 5.14. The normalized spacial score (nSPS) is 13.3. The Balaban J connectivity index is 0.00000245. The maximum absolute atomic E-state index is 9.83. The molecule has 0 saturated carbocycles. The van der Waals surface area contributed by atoms with Gasteiger partial charge in [-0.2, -0.15) is 5.10 Å². The summed E-state index contributed by atoms with van der Waals surface area (Å²) in [5, 5.41) is 18.0. The Morgan fingerprint density at radius 2 is 2.16 bits per heavy atom. The fourth-order valence-corrected chi connectivity index (χ4v) is 3.81. The van der Waals surface area contributed by atoms with Crippen LogP contribution in [-0.2, 0) is 19.6 Å². The highest BCUT2D eigenvalue weighted by Gasteiger charge is 2.18. The van der Waals surface area contributed by atoms with E-state index in [4.69, 9.17) is 14.3 Å². The summed E-state index contributed by atoms with van der Waals surface area (Å²) < 4.78 is 15.2. The number of benzene rings is 1. The molecule has 1 aliphatic rings. The quantitative estimate of drug-likeness (QED) is 0.474. The number of methoxy groups -OCH3 is 1. The Labute approximate surface area is 191 Å². The van der Waals surface area contributed by atoms with E-state index in [-0.39, 0.29) is 18.2 Å². The average molecular weight is 457 g/mol. The fourth-order valence-electron chi connectivity index (χ4n) is 3.81. The summed E-state index contributed by atoms with van der Waals surface area (Å²) in [7, 11) is 1.51. The van der Waals surface area contributed by atoms with Gasteiger partial charge in [-0.05, 0) is 44.2 Å². The monoisotopic (exact) mass is 456 g/mol. The lowest BCUT2D eigenvalue weighted by Crippen LogP contribution is -2.11. The van der Waals surface area contributed by atoms with Crippen molar-refractivity contribution in [2.75, 3.05) is 13.7 Å². The van der Waals surface area contributed by atoms with Gasteiger partial charge in [0, 0.05) is 31.0 Å². The van der Waals surface area contributed by atoms with Crippen LogP contribution in [-0.4, -0.2) is 43.1 Å². The van der Waals surface area contributed by atoms with Crippen LogP contribution in [0.5, 0.6) is 11.5 Å². The number of imidazole rings is 1. The lowest BCUT2D eigenvalue weighted by Gasteiger charge is -2.05. The van der Waals surface area contributed by atoms with Gasteiger partial charge in [-0.3, -0.25) is 4.68 Å². The van der Waals surface area contributed by atoms with Crippen LogP contribution >= 0.6 is 12.4 Å². The van der Waals surface area contributed by atoms with Crippen molar-refractivity contribution in [3.8, 4) is 34.5 Å². The molecule has 3 aromatic heterocycles. The first-order valence-electron chi connectivity index (χ1n) is 10.2. The van der Waals surface area contributed by atoms with E-state index in [1.165, 1.54) is 12.8 Å². The fraction of sp³-hybridized carbons (Fsp3) is 0.318. The van der Waals surface area contributed by atoms with Crippen molar-refractivity contribution in [2.45, 2.75) is 33.0 Å². The molecule has 0 atom stereocenters. The molecule has 0 saturated heterocycles. The predicted octanol–water partition coefficient (Wildman–Crippen LogP) is 3.39. The van der Waals surface area contributed by atoms with Gasteiger partial charge >= 0.3 is 0 Å². The molecule has 32 heavy (non-hydrogen) atoms. The minimum absolute atomic E-state index is 0. The van der Waals surface area contributed by atoms with Gasteiger partial charge in [-0.25, -0.2) is 9.97 Å². The lowest BCUT2D eigenvalue weighted by molar-refractivity contribution is 0.373. The van der Waals surface area contributed by atoms with E-state index >= 15 is 0 Å². The van der Waals surface area contributed by atoms with E-state index in [2.05, 4.69) is 26.0 Å². The number of hydrogen-bond acceptors (Lipinski definition) is 7. The number of phenols is 1. The zero-order valence-electron chi connectivity index (χ0n) is 17.9. The number of nitrogens with zero attached hydrogens (tertiary/aromatic N) is 5. The molecule has 1 aliphatic heterocycles. The van der Waals surface area contributed by atoms with Crippen LogP contribution in [0.1, 0.15) is 23.6 Å². The van der Waals surface area contributed by atoms with Crippen LogP contribution in [0.4, 0.5) is 0 Å². The molecule has 1 aromatic carbocycles. The van der Waals surface area contributed by atoms with Gasteiger partial charge in [0.2, 0.25) is 5.89 Å². The highest BCUT2D eigenvalue weighted by molar-refractivity contribution is 5.85. The number of hydrogen-bond donors (Lipinski definition) is 2. The lowest BCUT2D eigenvalue weighted by atomic mass is 10.2. The van der Waals surface area contributed by atoms with Gasteiger partial charge in [0.1, 0.15) is 17.1 Å². The molecular formula is C22H25ClN6O3. The molecule has 9 nitrogen and oxygen atoms in total. The molecule has 0 spiro atoms. The van der Waals surface area contributed by atoms with Gasteiger partial charge < -0.3 is 24.1 Å². The Hall–Kier alpha value is -3.30. The second-order valence-corrected chi connectivity index (χ2v) is 7.56. The SMILES string of the molecule is COc1cc(-c2nc(Cn3ccnc3-c3cc4n(n3)CCCNC4)c(C)o2)ccc1O.Cl. The number of fused-ring (bicyclic) bond motifs is 1. The molecule has 4 heterocycles. The molecular weight excluding hydrogens is 432 g/mol. The van der Waals surface area contributed by atoms with Crippen molar-refractivity contribution in [3.05, 3.63) is 53.8 Å². The zero-order valence-corrected chi connectivity index (χ0v) is 18.7. The van der Waals surface area contributed by atoms with E-state index in [9.17, 15) is 5.11 Å². The third-order valence-corrected chi connectivity index (χ3v) is 5.48. The Morgan fingerprint density at radius 3 is 3.00 bits per heavy atom. The number of phenolic OH excluding ortho intramolecular Hbond substituents is 1. The van der Waals surface area contributed by atoms with Crippen molar-refractivity contribution in [1.82, 2.24) is 29.6 Å². The summed E-state index contributed by atoms with van der Waals surface area (Å²) in [5.41, 5.74) is 3.57. The molecule has 0 fully saturated rings. The summed E-state index contributed by atoms with van der Waals surface area (Å²) in [5.74, 6) is 2.46. The van der Waals surface area contributed by atoms with Gasteiger partial charge in [0.05, 0.1) is 19.3 Å². The van der Waals surface area contributed by atoms with E-state index in [1.54, 1.807) is 24.4 Å². The highest BCUT2D eigenvalue weighted by atomic mass is 35.5. The minimum Gasteiger partial charge on any atom is -0.504 e. The topological polar surface area (TPSA) is 103 Å². The second-order valence-electron chi connectivity index (χ2n) is 7.56. The number of aromatic nitrogens is 5. The van der Waals surface area contributed by atoms with Crippen LogP contribution in [0.25, 0.3) is 23.0 Å². The molecule has 10 heteroatoms. The van der Waals surface area contributed by atoms with Crippen molar-refractivity contribution in [3.63, 3.8) is 0 Å². The number of ether oxygens (including phenoxy) is 1. The number of halogens is 1. The molecule has 5 rings (SSSR count). The molecule has 4 aromatic rings. The Kier molecular flexibility index (Phi) is 6.20.